The quantitative estimate of drug-likeness (QED) is 0.153. The number of carbonyl (C=O) groups is 5. The number of aliphatic hydroxyl groups is 1. The number of hydrogen-bond donors (Lipinski definition) is 5. The molecule has 1 fully saturated rings. The monoisotopic (exact) mass is 635 g/mol. The SMILES string of the molecule is CC(C)(C)OC(=O)NCCCCCCCCNC(=O)c1ccc(CNc2cccc3c2C(=O)N(C2CCC(=O)NC2O)C3=O)cc1. The van der Waals surface area contributed by atoms with Crippen LogP contribution in [0.5, 0.6) is 0 Å². The summed E-state index contributed by atoms with van der Waals surface area (Å²) in [4.78, 5) is 63.3. The predicted octanol–water partition coefficient (Wildman–Crippen LogP) is 4.09. The minimum Gasteiger partial charge on any atom is -0.444 e. The Hall–Kier alpha value is -4.45. The maximum absolute atomic E-state index is 13.3. The number of nitrogens with zero attached hydrogens (tertiary/aromatic N) is 1. The summed E-state index contributed by atoms with van der Waals surface area (Å²) in [5.74, 6) is -1.47. The van der Waals surface area contributed by atoms with Crippen LogP contribution in [-0.2, 0) is 16.1 Å². The van der Waals surface area contributed by atoms with E-state index in [2.05, 4.69) is 21.3 Å². The van der Waals surface area contributed by atoms with Crippen LogP contribution in [0.4, 0.5) is 10.5 Å². The van der Waals surface area contributed by atoms with Crippen LogP contribution < -0.4 is 21.3 Å². The largest absolute Gasteiger partial charge is 0.444 e. The summed E-state index contributed by atoms with van der Waals surface area (Å²) in [6.45, 7) is 7.06. The van der Waals surface area contributed by atoms with Crippen LogP contribution in [0.2, 0.25) is 0 Å². The number of ether oxygens (including phenoxy) is 1. The lowest BCUT2D eigenvalue weighted by atomic mass is 10.0. The summed E-state index contributed by atoms with van der Waals surface area (Å²) in [6.07, 6.45) is 4.57. The first-order valence-corrected chi connectivity index (χ1v) is 16.0. The molecule has 2 atom stereocenters. The zero-order valence-electron chi connectivity index (χ0n) is 26.8. The molecule has 0 spiro atoms. The zero-order valence-corrected chi connectivity index (χ0v) is 26.8. The summed E-state index contributed by atoms with van der Waals surface area (Å²) >= 11 is 0. The molecule has 12 heteroatoms. The molecule has 2 aromatic rings. The normalized spacial score (nSPS) is 17.7. The van der Waals surface area contributed by atoms with E-state index in [0.717, 1.165) is 49.0 Å². The molecule has 2 aliphatic rings. The minimum absolute atomic E-state index is 0.119. The minimum atomic E-state index is -1.31. The highest BCUT2D eigenvalue weighted by Crippen LogP contribution is 2.33. The highest BCUT2D eigenvalue weighted by molar-refractivity contribution is 6.24. The van der Waals surface area contributed by atoms with Gasteiger partial charge in [-0.1, -0.05) is 43.9 Å². The molecule has 4 rings (SSSR count). The van der Waals surface area contributed by atoms with E-state index in [-0.39, 0.29) is 41.9 Å². The van der Waals surface area contributed by atoms with Gasteiger partial charge in [-0.05, 0) is 69.9 Å². The Kier molecular flexibility index (Phi) is 11.8. The number of aliphatic hydroxyl groups excluding tert-OH is 1. The number of fused-ring (bicyclic) bond motifs is 1. The number of carbonyl (C=O) groups excluding carboxylic acids is 5. The van der Waals surface area contributed by atoms with Crippen LogP contribution in [0.3, 0.4) is 0 Å². The molecule has 2 aliphatic heterocycles. The van der Waals surface area contributed by atoms with Gasteiger partial charge < -0.3 is 31.1 Å². The molecule has 46 heavy (non-hydrogen) atoms. The Labute approximate surface area is 269 Å². The van der Waals surface area contributed by atoms with E-state index in [0.29, 0.717) is 30.9 Å². The van der Waals surface area contributed by atoms with Crippen molar-refractivity contribution in [3.63, 3.8) is 0 Å². The Morgan fingerprint density at radius 3 is 2.22 bits per heavy atom. The highest BCUT2D eigenvalue weighted by atomic mass is 16.6. The third kappa shape index (κ3) is 9.29. The van der Waals surface area contributed by atoms with Gasteiger partial charge in [0.15, 0.2) is 0 Å². The van der Waals surface area contributed by atoms with E-state index in [9.17, 15) is 29.1 Å². The fourth-order valence-electron chi connectivity index (χ4n) is 5.53. The molecule has 5 amide bonds. The average molecular weight is 636 g/mol. The number of nitrogens with one attached hydrogen (secondary N) is 4. The lowest BCUT2D eigenvalue weighted by molar-refractivity contribution is -0.129. The molecule has 2 unspecified atom stereocenters. The van der Waals surface area contributed by atoms with Crippen molar-refractivity contribution in [1.82, 2.24) is 20.9 Å². The number of imide groups is 1. The standard InChI is InChI=1S/C34H45N5O7/c1-34(2,3)46-33(45)36-20-9-7-5-4-6-8-19-35-29(41)23-15-13-22(14-16-23)21-37-25-12-10-11-24-28(25)32(44)39(31(24)43)26-17-18-27(40)38-30(26)42/h10-16,26,30,37,42H,4-9,17-21H2,1-3H3,(H,35,41)(H,36,45)(H,38,40). The summed E-state index contributed by atoms with van der Waals surface area (Å²) in [5, 5.41) is 21.7. The van der Waals surface area contributed by atoms with Gasteiger partial charge in [0.1, 0.15) is 11.8 Å². The van der Waals surface area contributed by atoms with Gasteiger partial charge in [0, 0.05) is 37.3 Å². The number of hydrogen-bond acceptors (Lipinski definition) is 8. The molecule has 0 bridgehead atoms. The number of anilines is 1. The Bertz CT molecular complexity index is 1420. The van der Waals surface area contributed by atoms with Crippen molar-refractivity contribution in [2.24, 2.45) is 0 Å². The number of rotatable bonds is 14. The van der Waals surface area contributed by atoms with E-state index in [4.69, 9.17) is 4.74 Å². The van der Waals surface area contributed by atoms with E-state index in [1.165, 1.54) is 0 Å². The van der Waals surface area contributed by atoms with Crippen LogP contribution in [0.1, 0.15) is 109 Å². The fourth-order valence-corrected chi connectivity index (χ4v) is 5.53. The molecule has 12 nitrogen and oxygen atoms in total. The molecule has 0 aliphatic carbocycles. The van der Waals surface area contributed by atoms with E-state index >= 15 is 0 Å². The van der Waals surface area contributed by atoms with Gasteiger partial charge >= 0.3 is 6.09 Å². The lowest BCUT2D eigenvalue weighted by Crippen LogP contribution is -2.57. The first-order chi connectivity index (χ1) is 21.9. The first kappa shape index (κ1) is 34.4. The molecule has 0 aromatic heterocycles. The van der Waals surface area contributed by atoms with Gasteiger partial charge in [-0.15, -0.1) is 0 Å². The first-order valence-electron chi connectivity index (χ1n) is 16.0. The van der Waals surface area contributed by atoms with Crippen molar-refractivity contribution < 1.29 is 33.8 Å². The maximum atomic E-state index is 13.3. The topological polar surface area (TPSA) is 166 Å². The molecule has 0 saturated carbocycles. The zero-order chi connectivity index (χ0) is 33.3. The van der Waals surface area contributed by atoms with Crippen LogP contribution >= 0.6 is 0 Å². The fraction of sp³-hybridized carbons (Fsp3) is 0.500. The summed E-state index contributed by atoms with van der Waals surface area (Å²) in [6, 6.07) is 11.3. The average Bonchev–Trinajstić information content (AvgIpc) is 3.26. The van der Waals surface area contributed by atoms with Gasteiger partial charge in [-0.25, -0.2) is 4.79 Å². The second-order valence-corrected chi connectivity index (χ2v) is 12.7. The maximum Gasteiger partial charge on any atom is 0.407 e. The lowest BCUT2D eigenvalue weighted by Gasteiger charge is -2.33. The molecule has 5 N–H and O–H groups in total. The number of amides is 5. The molecule has 248 valence electrons. The number of piperidine rings is 1. The van der Waals surface area contributed by atoms with E-state index < -0.39 is 29.7 Å². The second kappa shape index (κ2) is 15.7. The summed E-state index contributed by atoms with van der Waals surface area (Å²) in [7, 11) is 0. The van der Waals surface area contributed by atoms with Crippen molar-refractivity contribution >= 4 is 35.4 Å². The van der Waals surface area contributed by atoms with Gasteiger partial charge in [0.2, 0.25) is 5.91 Å². The van der Waals surface area contributed by atoms with E-state index in [1.54, 1.807) is 30.3 Å². The van der Waals surface area contributed by atoms with Gasteiger partial charge in [-0.2, -0.15) is 0 Å². The highest BCUT2D eigenvalue weighted by Gasteiger charge is 2.45. The summed E-state index contributed by atoms with van der Waals surface area (Å²) < 4.78 is 5.22. The van der Waals surface area contributed by atoms with Gasteiger partial charge in [0.05, 0.1) is 17.2 Å². The third-order valence-electron chi connectivity index (χ3n) is 7.87. The van der Waals surface area contributed by atoms with Crippen molar-refractivity contribution in [2.75, 3.05) is 18.4 Å². The Morgan fingerprint density at radius 2 is 1.57 bits per heavy atom. The van der Waals surface area contributed by atoms with Crippen molar-refractivity contribution in [3.05, 3.63) is 64.7 Å². The molecule has 2 heterocycles. The molecule has 0 radical (unpaired) electrons. The Morgan fingerprint density at radius 1 is 0.913 bits per heavy atom. The van der Waals surface area contributed by atoms with Gasteiger partial charge in [0.25, 0.3) is 17.7 Å². The van der Waals surface area contributed by atoms with Crippen LogP contribution in [0.15, 0.2) is 42.5 Å². The van der Waals surface area contributed by atoms with Crippen molar-refractivity contribution in [2.45, 2.75) is 96.6 Å². The number of unbranched alkanes of at least 4 members (excludes halogenated alkanes) is 5. The van der Waals surface area contributed by atoms with Crippen molar-refractivity contribution in [3.8, 4) is 0 Å². The van der Waals surface area contributed by atoms with Crippen molar-refractivity contribution in [1.29, 1.82) is 0 Å². The molecule has 2 aromatic carbocycles. The van der Waals surface area contributed by atoms with Crippen LogP contribution in [0, 0.1) is 0 Å². The summed E-state index contributed by atoms with van der Waals surface area (Å²) in [5.41, 5.74) is 1.92. The molecular formula is C34H45N5O7. The van der Waals surface area contributed by atoms with Crippen LogP contribution in [-0.4, -0.2) is 70.7 Å². The smallest absolute Gasteiger partial charge is 0.407 e. The Balaban J connectivity index is 1.15. The number of benzene rings is 2. The van der Waals surface area contributed by atoms with Gasteiger partial charge in [-0.3, -0.25) is 24.1 Å². The third-order valence-corrected chi connectivity index (χ3v) is 7.87. The predicted molar refractivity (Wildman–Crippen MR) is 172 cm³/mol. The second-order valence-electron chi connectivity index (χ2n) is 12.7. The van der Waals surface area contributed by atoms with E-state index in [1.807, 2.05) is 32.9 Å². The molecule has 1 saturated heterocycles. The van der Waals surface area contributed by atoms with Crippen LogP contribution in [0.25, 0.3) is 0 Å². The number of alkyl carbamates (subject to hydrolysis) is 1. The molecular weight excluding hydrogens is 590 g/mol.